The van der Waals surface area contributed by atoms with Crippen LogP contribution in [-0.2, 0) is 16.0 Å². The Morgan fingerprint density at radius 2 is 2.33 bits per heavy atom. The van der Waals surface area contributed by atoms with E-state index in [-0.39, 0.29) is 12.0 Å². The van der Waals surface area contributed by atoms with Gasteiger partial charge in [-0.2, -0.15) is 5.26 Å². The van der Waals surface area contributed by atoms with E-state index in [1.807, 2.05) is 6.07 Å². The predicted molar refractivity (Wildman–Crippen MR) is 54.5 cm³/mol. The zero-order valence-electron chi connectivity index (χ0n) is 7.88. The molecule has 0 bridgehead atoms. The lowest BCUT2D eigenvalue weighted by atomic mass is 10.1. The predicted octanol–water partition coefficient (Wildman–Crippen LogP) is 2.18. The highest BCUT2D eigenvalue weighted by molar-refractivity contribution is 9.10. The van der Waals surface area contributed by atoms with E-state index in [4.69, 9.17) is 5.26 Å². The van der Waals surface area contributed by atoms with Crippen LogP contribution in [0.25, 0.3) is 0 Å². The van der Waals surface area contributed by atoms with Gasteiger partial charge in [-0.15, -0.1) is 0 Å². The van der Waals surface area contributed by atoms with Crippen LogP contribution >= 0.6 is 15.9 Å². The average molecular weight is 272 g/mol. The van der Waals surface area contributed by atoms with Gasteiger partial charge in [0.1, 0.15) is 11.9 Å². The third-order valence-electron chi connectivity index (χ3n) is 1.80. The first kappa shape index (κ1) is 11.7. The molecule has 0 fully saturated rings. The maximum atomic E-state index is 13.0. The van der Waals surface area contributed by atoms with Gasteiger partial charge < -0.3 is 4.74 Å². The highest BCUT2D eigenvalue weighted by Gasteiger charge is 2.12. The number of carbonyl (C=O) groups is 1. The molecule has 0 aliphatic rings. The zero-order chi connectivity index (χ0) is 11.4. The number of rotatable bonds is 2. The number of methoxy groups -OCH3 is 1. The number of hydrogen-bond acceptors (Lipinski definition) is 3. The Morgan fingerprint density at radius 3 is 2.87 bits per heavy atom. The minimum Gasteiger partial charge on any atom is -0.469 e. The Hall–Kier alpha value is -1.41. The molecule has 0 aliphatic heterocycles. The van der Waals surface area contributed by atoms with E-state index in [0.717, 1.165) is 6.07 Å². The van der Waals surface area contributed by atoms with Crippen LogP contribution in [0, 0.1) is 17.1 Å². The summed E-state index contributed by atoms with van der Waals surface area (Å²) in [6.45, 7) is 0. The second-order valence-corrected chi connectivity index (χ2v) is 3.58. The molecule has 0 heterocycles. The van der Waals surface area contributed by atoms with Crippen LogP contribution in [0.5, 0.6) is 0 Å². The molecule has 0 unspecified atom stereocenters. The highest BCUT2D eigenvalue weighted by atomic mass is 79.9. The molecule has 0 aliphatic carbocycles. The average Bonchev–Trinajstić information content (AvgIpc) is 2.22. The molecule has 0 saturated heterocycles. The number of hydrogen-bond donors (Lipinski definition) is 0. The molecule has 78 valence electrons. The third-order valence-corrected chi connectivity index (χ3v) is 2.73. The Bertz CT molecular complexity index is 440. The number of nitrogens with zero attached hydrogens (tertiary/aromatic N) is 1. The first-order chi connectivity index (χ1) is 7.08. The van der Waals surface area contributed by atoms with Gasteiger partial charge in [-0.25, -0.2) is 4.39 Å². The molecule has 0 N–H and O–H groups in total. The van der Waals surface area contributed by atoms with Crippen molar-refractivity contribution in [2.45, 2.75) is 6.42 Å². The van der Waals surface area contributed by atoms with E-state index < -0.39 is 11.8 Å². The van der Waals surface area contributed by atoms with Crippen LogP contribution in [-0.4, -0.2) is 13.1 Å². The molecule has 15 heavy (non-hydrogen) atoms. The van der Waals surface area contributed by atoms with Gasteiger partial charge in [-0.3, -0.25) is 4.79 Å². The summed E-state index contributed by atoms with van der Waals surface area (Å²) in [5.74, 6) is -1.03. The van der Waals surface area contributed by atoms with Gasteiger partial charge in [-0.1, -0.05) is 0 Å². The second-order valence-electron chi connectivity index (χ2n) is 2.79. The van der Waals surface area contributed by atoms with E-state index >= 15 is 0 Å². The largest absolute Gasteiger partial charge is 0.469 e. The quantitative estimate of drug-likeness (QED) is 0.775. The number of halogens is 2. The van der Waals surface area contributed by atoms with Crippen LogP contribution < -0.4 is 0 Å². The lowest BCUT2D eigenvalue weighted by molar-refractivity contribution is -0.139. The number of nitriles is 1. The Kier molecular flexibility index (Phi) is 3.81. The molecule has 0 radical (unpaired) electrons. The molecule has 0 amide bonds. The highest BCUT2D eigenvalue weighted by Crippen LogP contribution is 2.23. The monoisotopic (exact) mass is 271 g/mol. The molecule has 0 spiro atoms. The molecule has 0 aromatic heterocycles. The van der Waals surface area contributed by atoms with Gasteiger partial charge in [0, 0.05) is 4.47 Å². The normalized spacial score (nSPS) is 9.47. The maximum Gasteiger partial charge on any atom is 0.310 e. The Balaban J connectivity index is 3.13. The smallest absolute Gasteiger partial charge is 0.310 e. The van der Waals surface area contributed by atoms with Crippen LogP contribution in [0.15, 0.2) is 16.6 Å². The summed E-state index contributed by atoms with van der Waals surface area (Å²) < 4.78 is 17.9. The molecule has 3 nitrogen and oxygen atoms in total. The van der Waals surface area contributed by atoms with E-state index in [1.165, 1.54) is 13.2 Å². The minimum absolute atomic E-state index is 0.0659. The van der Waals surface area contributed by atoms with Crippen molar-refractivity contribution in [3.63, 3.8) is 0 Å². The topological polar surface area (TPSA) is 50.1 Å². The van der Waals surface area contributed by atoms with Gasteiger partial charge in [0.15, 0.2) is 0 Å². The van der Waals surface area contributed by atoms with E-state index in [2.05, 4.69) is 20.7 Å². The summed E-state index contributed by atoms with van der Waals surface area (Å²) >= 11 is 3.14. The first-order valence-corrected chi connectivity index (χ1v) is 4.82. The lowest BCUT2D eigenvalue weighted by Gasteiger charge is -2.04. The Labute approximate surface area is 94.6 Å². The molecule has 5 heteroatoms. The van der Waals surface area contributed by atoms with Crippen molar-refractivity contribution >= 4 is 21.9 Å². The molecular formula is C10H7BrFNO2. The van der Waals surface area contributed by atoms with Gasteiger partial charge in [0.05, 0.1) is 19.1 Å². The fourth-order valence-electron chi connectivity index (χ4n) is 1.08. The second kappa shape index (κ2) is 4.89. The van der Waals surface area contributed by atoms with Crippen molar-refractivity contribution < 1.29 is 13.9 Å². The van der Waals surface area contributed by atoms with E-state index in [9.17, 15) is 9.18 Å². The van der Waals surface area contributed by atoms with Crippen molar-refractivity contribution in [2.75, 3.05) is 7.11 Å². The molecule has 0 atom stereocenters. The molecule has 1 aromatic rings. The van der Waals surface area contributed by atoms with Crippen LogP contribution in [0.1, 0.15) is 11.1 Å². The first-order valence-electron chi connectivity index (χ1n) is 4.03. The summed E-state index contributed by atoms with van der Waals surface area (Å²) in [7, 11) is 1.25. The van der Waals surface area contributed by atoms with E-state index in [0.29, 0.717) is 10.0 Å². The summed E-state index contributed by atoms with van der Waals surface area (Å²) in [5, 5.41) is 8.70. The zero-order valence-corrected chi connectivity index (χ0v) is 9.47. The van der Waals surface area contributed by atoms with Crippen molar-refractivity contribution in [3.8, 4) is 6.07 Å². The fourth-order valence-corrected chi connectivity index (χ4v) is 1.54. The van der Waals surface area contributed by atoms with E-state index in [1.54, 1.807) is 0 Å². The van der Waals surface area contributed by atoms with Gasteiger partial charge in [-0.05, 0) is 33.6 Å². The third kappa shape index (κ3) is 2.77. The van der Waals surface area contributed by atoms with Crippen LogP contribution in [0.3, 0.4) is 0 Å². The molecule has 0 saturated carbocycles. The molecular weight excluding hydrogens is 265 g/mol. The summed E-state index contributed by atoms with van der Waals surface area (Å²) in [6.07, 6.45) is -0.0659. The van der Waals surface area contributed by atoms with Gasteiger partial charge in [0.25, 0.3) is 0 Å². The van der Waals surface area contributed by atoms with Crippen molar-refractivity contribution in [2.24, 2.45) is 0 Å². The molecule has 1 aromatic carbocycles. The van der Waals surface area contributed by atoms with Gasteiger partial charge >= 0.3 is 5.97 Å². The van der Waals surface area contributed by atoms with Crippen LogP contribution in [0.4, 0.5) is 4.39 Å². The van der Waals surface area contributed by atoms with Crippen molar-refractivity contribution in [3.05, 3.63) is 33.5 Å². The number of benzene rings is 1. The standard InChI is InChI=1S/C10H7BrFNO2/c1-15-9(14)4-6-2-8(12)3-7(5-13)10(6)11/h2-3H,4H2,1H3. The summed E-state index contributed by atoms with van der Waals surface area (Å²) in [6, 6.07) is 4.13. The van der Waals surface area contributed by atoms with Crippen molar-refractivity contribution in [1.82, 2.24) is 0 Å². The number of carbonyl (C=O) groups excluding carboxylic acids is 1. The maximum absolute atomic E-state index is 13.0. The Morgan fingerprint density at radius 1 is 1.67 bits per heavy atom. The summed E-state index contributed by atoms with van der Waals surface area (Å²) in [4.78, 5) is 11.0. The lowest BCUT2D eigenvalue weighted by Crippen LogP contribution is -2.06. The van der Waals surface area contributed by atoms with Crippen LogP contribution in [0.2, 0.25) is 0 Å². The number of esters is 1. The molecule has 1 rings (SSSR count). The van der Waals surface area contributed by atoms with Gasteiger partial charge in [0.2, 0.25) is 0 Å². The SMILES string of the molecule is COC(=O)Cc1cc(F)cc(C#N)c1Br. The number of ether oxygens (including phenoxy) is 1. The van der Waals surface area contributed by atoms with Crippen molar-refractivity contribution in [1.29, 1.82) is 5.26 Å². The summed E-state index contributed by atoms with van der Waals surface area (Å²) in [5.41, 5.74) is 0.562. The minimum atomic E-state index is -0.548. The fraction of sp³-hybridized carbons (Fsp3) is 0.200.